The van der Waals surface area contributed by atoms with Gasteiger partial charge in [0.05, 0.1) is 0 Å². The first-order chi connectivity index (χ1) is 10.0. The van der Waals surface area contributed by atoms with E-state index in [0.29, 0.717) is 0 Å². The fraction of sp³-hybridized carbons (Fsp3) is 0.867. The Morgan fingerprint density at radius 3 is 2.76 bits per heavy atom. The maximum atomic E-state index is 11.6. The van der Waals surface area contributed by atoms with Crippen LogP contribution in [0.15, 0.2) is 4.99 Å². The van der Waals surface area contributed by atoms with Crippen LogP contribution < -0.4 is 10.6 Å². The minimum absolute atomic E-state index is 0.0112. The lowest BCUT2D eigenvalue weighted by atomic mass is 10.0. The third-order valence-electron chi connectivity index (χ3n) is 3.68. The standard InChI is InChI=1S/C15H31N5O/c1-5-16-15(18-11-14(21)19(3)4)17-8-10-20-9-6-7-13(2)12-20/h13H,5-12H2,1-4H3,(H2,16,17,18). The molecule has 0 aromatic rings. The zero-order valence-electron chi connectivity index (χ0n) is 14.0. The third-order valence-corrected chi connectivity index (χ3v) is 3.68. The van der Waals surface area contributed by atoms with Crippen molar-refractivity contribution in [1.82, 2.24) is 20.4 Å². The van der Waals surface area contributed by atoms with Crippen molar-refractivity contribution in [2.75, 3.05) is 53.4 Å². The Labute approximate surface area is 129 Å². The zero-order valence-corrected chi connectivity index (χ0v) is 14.0. The molecule has 0 bridgehead atoms. The van der Waals surface area contributed by atoms with Gasteiger partial charge in [0.15, 0.2) is 5.96 Å². The molecule has 1 amide bonds. The molecule has 1 fully saturated rings. The zero-order chi connectivity index (χ0) is 15.7. The van der Waals surface area contributed by atoms with Crippen molar-refractivity contribution in [3.8, 4) is 0 Å². The molecule has 0 aromatic heterocycles. The van der Waals surface area contributed by atoms with E-state index < -0.39 is 0 Å². The maximum Gasteiger partial charge on any atom is 0.243 e. The minimum Gasteiger partial charge on any atom is -0.357 e. The average molecular weight is 297 g/mol. The average Bonchev–Trinajstić information content (AvgIpc) is 2.44. The Balaban J connectivity index is 2.33. The molecule has 1 unspecified atom stereocenters. The molecule has 6 nitrogen and oxygen atoms in total. The van der Waals surface area contributed by atoms with E-state index in [0.717, 1.165) is 31.5 Å². The summed E-state index contributed by atoms with van der Waals surface area (Å²) in [7, 11) is 3.49. The molecule has 2 N–H and O–H groups in total. The number of nitrogens with zero attached hydrogens (tertiary/aromatic N) is 3. The summed E-state index contributed by atoms with van der Waals surface area (Å²) in [6.07, 6.45) is 2.65. The van der Waals surface area contributed by atoms with Crippen LogP contribution in [0.25, 0.3) is 0 Å². The molecule has 0 aromatic carbocycles. The number of likely N-dealkylation sites (tertiary alicyclic amines) is 1. The van der Waals surface area contributed by atoms with Gasteiger partial charge in [0, 0.05) is 40.3 Å². The molecule has 0 spiro atoms. The first-order valence-electron chi connectivity index (χ1n) is 7.97. The SMILES string of the molecule is CCNC(=NCC(=O)N(C)C)NCCN1CCCC(C)C1. The summed E-state index contributed by atoms with van der Waals surface area (Å²) in [6, 6.07) is 0. The van der Waals surface area contributed by atoms with E-state index in [9.17, 15) is 4.79 Å². The fourth-order valence-electron chi connectivity index (χ4n) is 2.45. The highest BCUT2D eigenvalue weighted by Crippen LogP contribution is 2.14. The highest BCUT2D eigenvalue weighted by Gasteiger charge is 2.15. The first-order valence-corrected chi connectivity index (χ1v) is 7.97. The van der Waals surface area contributed by atoms with Gasteiger partial charge in [0.2, 0.25) is 5.91 Å². The maximum absolute atomic E-state index is 11.6. The van der Waals surface area contributed by atoms with Gasteiger partial charge in [-0.1, -0.05) is 6.92 Å². The molecule has 1 aliphatic heterocycles. The Hall–Kier alpha value is -1.30. The summed E-state index contributed by atoms with van der Waals surface area (Å²) < 4.78 is 0. The lowest BCUT2D eigenvalue weighted by Crippen LogP contribution is -2.44. The van der Waals surface area contributed by atoms with Crippen molar-refractivity contribution >= 4 is 11.9 Å². The number of nitrogens with one attached hydrogen (secondary N) is 2. The number of carbonyl (C=O) groups is 1. The number of hydrogen-bond acceptors (Lipinski definition) is 3. The van der Waals surface area contributed by atoms with Crippen LogP contribution in [0.1, 0.15) is 26.7 Å². The first kappa shape index (κ1) is 17.8. The molecule has 0 saturated carbocycles. The summed E-state index contributed by atoms with van der Waals surface area (Å²) in [6.45, 7) is 9.58. The fourth-order valence-corrected chi connectivity index (χ4v) is 2.45. The molecule has 1 atom stereocenters. The summed E-state index contributed by atoms with van der Waals surface area (Å²) in [5.41, 5.74) is 0. The topological polar surface area (TPSA) is 60.0 Å². The van der Waals surface area contributed by atoms with Crippen LogP contribution in [0.4, 0.5) is 0 Å². The number of amides is 1. The number of guanidine groups is 1. The van der Waals surface area contributed by atoms with Crippen LogP contribution >= 0.6 is 0 Å². The highest BCUT2D eigenvalue weighted by molar-refractivity contribution is 5.84. The van der Waals surface area contributed by atoms with E-state index in [4.69, 9.17) is 0 Å². The number of hydrogen-bond donors (Lipinski definition) is 2. The van der Waals surface area contributed by atoms with Crippen molar-refractivity contribution in [2.24, 2.45) is 10.9 Å². The van der Waals surface area contributed by atoms with Crippen LogP contribution in [-0.2, 0) is 4.79 Å². The lowest BCUT2D eigenvalue weighted by molar-refractivity contribution is -0.127. The molecule has 1 heterocycles. The van der Waals surface area contributed by atoms with E-state index in [1.807, 2.05) is 6.92 Å². The molecule has 21 heavy (non-hydrogen) atoms. The van der Waals surface area contributed by atoms with Crippen molar-refractivity contribution in [1.29, 1.82) is 0 Å². The van der Waals surface area contributed by atoms with Gasteiger partial charge in [-0.25, -0.2) is 4.99 Å². The van der Waals surface area contributed by atoms with Gasteiger partial charge in [-0.15, -0.1) is 0 Å². The van der Waals surface area contributed by atoms with Gasteiger partial charge in [0.1, 0.15) is 6.54 Å². The Morgan fingerprint density at radius 2 is 2.14 bits per heavy atom. The van der Waals surface area contributed by atoms with Gasteiger partial charge in [-0.3, -0.25) is 4.79 Å². The third kappa shape index (κ3) is 7.32. The van der Waals surface area contributed by atoms with E-state index in [1.165, 1.54) is 25.9 Å². The van der Waals surface area contributed by atoms with Gasteiger partial charge in [-0.05, 0) is 32.2 Å². The largest absolute Gasteiger partial charge is 0.357 e. The van der Waals surface area contributed by atoms with Gasteiger partial charge < -0.3 is 20.4 Å². The van der Waals surface area contributed by atoms with Crippen LogP contribution in [0, 0.1) is 5.92 Å². The van der Waals surface area contributed by atoms with Crippen LogP contribution in [0.3, 0.4) is 0 Å². The second kappa shape index (κ2) is 9.60. The van der Waals surface area contributed by atoms with E-state index in [-0.39, 0.29) is 12.5 Å². The predicted molar refractivity (Wildman–Crippen MR) is 87.5 cm³/mol. The Morgan fingerprint density at radius 1 is 1.38 bits per heavy atom. The summed E-state index contributed by atoms with van der Waals surface area (Å²) in [5.74, 6) is 1.54. The smallest absolute Gasteiger partial charge is 0.243 e. The Bertz CT molecular complexity index is 343. The second-order valence-corrected chi connectivity index (χ2v) is 5.96. The number of rotatable bonds is 6. The number of carbonyl (C=O) groups excluding carboxylic acids is 1. The summed E-state index contributed by atoms with van der Waals surface area (Å²) in [5, 5.41) is 6.48. The van der Waals surface area contributed by atoms with E-state index >= 15 is 0 Å². The van der Waals surface area contributed by atoms with Gasteiger partial charge in [-0.2, -0.15) is 0 Å². The molecule has 1 saturated heterocycles. The van der Waals surface area contributed by atoms with Crippen LogP contribution in [-0.4, -0.2) is 75.0 Å². The minimum atomic E-state index is 0.0112. The molecule has 1 aliphatic rings. The monoisotopic (exact) mass is 297 g/mol. The van der Waals surface area contributed by atoms with Crippen molar-refractivity contribution in [2.45, 2.75) is 26.7 Å². The summed E-state index contributed by atoms with van der Waals surface area (Å²) >= 11 is 0. The van der Waals surface area contributed by atoms with Gasteiger partial charge in [0.25, 0.3) is 0 Å². The van der Waals surface area contributed by atoms with Gasteiger partial charge >= 0.3 is 0 Å². The van der Waals surface area contributed by atoms with Crippen molar-refractivity contribution < 1.29 is 4.79 Å². The molecular formula is C15H31N5O. The second-order valence-electron chi connectivity index (χ2n) is 5.96. The number of aliphatic imine (C=N–C) groups is 1. The van der Waals surface area contributed by atoms with Crippen LogP contribution in [0.2, 0.25) is 0 Å². The quantitative estimate of drug-likeness (QED) is 0.549. The molecular weight excluding hydrogens is 266 g/mol. The number of piperidine rings is 1. The lowest BCUT2D eigenvalue weighted by Gasteiger charge is -2.30. The molecule has 6 heteroatoms. The van der Waals surface area contributed by atoms with Crippen molar-refractivity contribution in [3.63, 3.8) is 0 Å². The van der Waals surface area contributed by atoms with E-state index in [2.05, 4.69) is 27.4 Å². The molecule has 1 rings (SSSR count). The predicted octanol–water partition coefficient (Wildman–Crippen LogP) is 0.362. The van der Waals surface area contributed by atoms with Crippen molar-refractivity contribution in [3.05, 3.63) is 0 Å². The molecule has 0 aliphatic carbocycles. The van der Waals surface area contributed by atoms with Crippen LogP contribution in [0.5, 0.6) is 0 Å². The number of likely N-dealkylation sites (N-methyl/N-ethyl adjacent to an activating group) is 1. The Kier molecular flexibility index (Phi) is 8.12. The van der Waals surface area contributed by atoms with E-state index in [1.54, 1.807) is 19.0 Å². The summed E-state index contributed by atoms with van der Waals surface area (Å²) in [4.78, 5) is 19.9. The normalized spacial score (nSPS) is 20.2. The highest BCUT2D eigenvalue weighted by atomic mass is 16.2. The molecule has 122 valence electrons. The molecule has 0 radical (unpaired) electrons.